The number of carbonyl (C=O) groups excluding carboxylic acids is 6. The van der Waals surface area contributed by atoms with E-state index in [2.05, 4.69) is 28.2 Å². The topological polar surface area (TPSA) is 264 Å². The Labute approximate surface area is 388 Å². The van der Waals surface area contributed by atoms with Crippen molar-refractivity contribution in [2.45, 2.75) is 147 Å². The van der Waals surface area contributed by atoms with E-state index in [-0.39, 0.29) is 60.2 Å². The largest absolute Gasteiger partial charge is 0.507 e. The number of ether oxygens (including phenoxy) is 1. The molecule has 3 rings (SSSR count). The molecule has 366 valence electrons. The second-order valence-electron chi connectivity index (χ2n) is 17.1. The van der Waals surface area contributed by atoms with Crippen molar-refractivity contribution >= 4 is 41.4 Å². The molecule has 0 aliphatic carbocycles. The number of nitrogens with one attached hydrogen (secondary N) is 4. The number of hydrogen-bond acceptors (Lipinski definition) is 11. The van der Waals surface area contributed by atoms with Crippen LogP contribution in [0.2, 0.25) is 0 Å². The first-order chi connectivity index (χ1) is 31.5. The van der Waals surface area contributed by atoms with Gasteiger partial charge in [-0.1, -0.05) is 96.1 Å². The number of phenols is 1. The Morgan fingerprint density at radius 2 is 1.42 bits per heavy atom. The number of hydrogen-bond donors (Lipinski definition) is 8. The average Bonchev–Trinajstić information content (AvgIpc) is 3.29. The molecule has 0 aromatic heterocycles. The second kappa shape index (κ2) is 28.3. The fourth-order valence-corrected chi connectivity index (χ4v) is 7.76. The number of nitrogens with zero attached hydrogens (tertiary/aromatic N) is 2. The van der Waals surface area contributed by atoms with Gasteiger partial charge >= 0.3 is 5.97 Å². The predicted molar refractivity (Wildman–Crippen MR) is 247 cm³/mol. The minimum atomic E-state index is -1.46. The molecule has 1 heterocycles. The molecule has 18 heteroatoms. The van der Waals surface area contributed by atoms with Gasteiger partial charge in [-0.05, 0) is 55.7 Å². The van der Waals surface area contributed by atoms with Crippen molar-refractivity contribution in [3.63, 3.8) is 0 Å². The maximum absolute atomic E-state index is 14.0. The highest BCUT2D eigenvalue weighted by atomic mass is 16.5. The predicted octanol–water partition coefficient (Wildman–Crippen LogP) is 3.48. The summed E-state index contributed by atoms with van der Waals surface area (Å²) in [5, 5.41) is 50.4. The number of phenolic OH excluding ortho intramolecular Hbond substituents is 1. The van der Waals surface area contributed by atoms with Gasteiger partial charge in [-0.2, -0.15) is 0 Å². The Morgan fingerprint density at radius 3 is 2.02 bits per heavy atom. The molecule has 0 spiro atoms. The first-order valence-corrected chi connectivity index (χ1v) is 23.3. The molecule has 0 saturated carbocycles. The van der Waals surface area contributed by atoms with Gasteiger partial charge in [-0.15, -0.1) is 0 Å². The lowest BCUT2D eigenvalue weighted by Gasteiger charge is -2.30. The molecular weight excluding hydrogens is 853 g/mol. The number of unbranched alkanes of at least 4 members (excludes halogenated alkanes) is 12. The van der Waals surface area contributed by atoms with E-state index >= 15 is 0 Å². The Kier molecular flexibility index (Phi) is 23.4. The molecule has 0 saturated heterocycles. The van der Waals surface area contributed by atoms with Crippen LogP contribution in [0.3, 0.4) is 0 Å². The van der Waals surface area contributed by atoms with Gasteiger partial charge in [0.05, 0.1) is 19.8 Å². The number of carboxylic acids is 1. The zero-order valence-corrected chi connectivity index (χ0v) is 39.2. The standard InChI is InChI=1S/C48H72N6O12/c1-6-7-8-9-10-11-12-13-14-15-16-17-18-19-41(58)53(4)38(30-56)46(62)50-31(2)44(60)49-29-42(59)54(5)43-34-21-23-40(66-25-24-55)36(28-34)35-26-33(20-22-39(35)57)27-37(48(64)65)52-45(61)32(3)51-47(43)63/h20-23,26,28,31-32,37-38,43,55-57H,6-19,24-25,27,29-30H2,1-5H3,(H,49,60)(H,50,62)(H,51,63)(H,52,61)(H,64,65)/t31-,32+,37+,38-,43+/m1/s1. The van der Waals surface area contributed by atoms with E-state index in [1.807, 2.05) is 0 Å². The van der Waals surface area contributed by atoms with E-state index < -0.39 is 78.9 Å². The Morgan fingerprint density at radius 1 is 0.803 bits per heavy atom. The summed E-state index contributed by atoms with van der Waals surface area (Å²) in [5.41, 5.74) is 1.04. The van der Waals surface area contributed by atoms with E-state index in [1.54, 1.807) is 0 Å². The summed E-state index contributed by atoms with van der Waals surface area (Å²) >= 11 is 0. The van der Waals surface area contributed by atoms with Gasteiger partial charge in [0.15, 0.2) is 0 Å². The quantitative estimate of drug-likeness (QED) is 0.0631. The third-order valence-electron chi connectivity index (χ3n) is 11.9. The Hall–Kier alpha value is -5.75. The summed E-state index contributed by atoms with van der Waals surface area (Å²) < 4.78 is 5.75. The molecule has 6 amide bonds. The number of aromatic hydroxyl groups is 1. The fourth-order valence-electron chi connectivity index (χ4n) is 7.76. The molecule has 1 aliphatic rings. The van der Waals surface area contributed by atoms with Crippen LogP contribution in [0.1, 0.15) is 128 Å². The molecule has 4 bridgehead atoms. The van der Waals surface area contributed by atoms with Crippen molar-refractivity contribution in [3.8, 4) is 22.6 Å². The monoisotopic (exact) mass is 925 g/mol. The van der Waals surface area contributed by atoms with Crippen LogP contribution < -0.4 is 26.0 Å². The zero-order chi connectivity index (χ0) is 48.8. The summed E-state index contributed by atoms with van der Waals surface area (Å²) in [6, 6.07) is 2.18. The van der Waals surface area contributed by atoms with Crippen LogP contribution in [0.15, 0.2) is 36.4 Å². The highest BCUT2D eigenvalue weighted by Gasteiger charge is 2.34. The number of carboxylic acid groups (broad SMARTS) is 1. The smallest absolute Gasteiger partial charge is 0.326 e. The van der Waals surface area contributed by atoms with Crippen LogP contribution in [0.4, 0.5) is 0 Å². The Balaban J connectivity index is 1.66. The number of carbonyl (C=O) groups is 7. The van der Waals surface area contributed by atoms with Gasteiger partial charge in [0.25, 0.3) is 0 Å². The molecule has 0 fully saturated rings. The van der Waals surface area contributed by atoms with E-state index in [0.29, 0.717) is 12.0 Å². The highest BCUT2D eigenvalue weighted by Crippen LogP contribution is 2.39. The summed E-state index contributed by atoms with van der Waals surface area (Å²) in [6.45, 7) is 3.12. The van der Waals surface area contributed by atoms with Crippen molar-refractivity contribution in [3.05, 3.63) is 47.5 Å². The SMILES string of the molecule is CCCCCCCCCCCCCCCC(=O)N(C)[C@H](CO)C(=O)N[C@H](C)C(=O)NCC(=O)N(C)[C@@H]1C(=O)N[C@@H](C)C(=O)N[C@H](C(=O)O)Cc2ccc(O)c(c2)-c2cc1ccc2OCCO. The summed E-state index contributed by atoms with van der Waals surface area (Å²) in [4.78, 5) is 94.7. The molecule has 18 nitrogen and oxygen atoms in total. The summed E-state index contributed by atoms with van der Waals surface area (Å²) in [6.07, 6.45) is 15.1. The second-order valence-corrected chi connectivity index (χ2v) is 17.1. The van der Waals surface area contributed by atoms with Crippen molar-refractivity contribution in [1.82, 2.24) is 31.1 Å². The minimum Gasteiger partial charge on any atom is -0.507 e. The highest BCUT2D eigenvalue weighted by molar-refractivity contribution is 5.96. The van der Waals surface area contributed by atoms with Crippen LogP contribution in [0.25, 0.3) is 11.1 Å². The van der Waals surface area contributed by atoms with Crippen LogP contribution in [0, 0.1) is 0 Å². The number of rotatable bonds is 26. The van der Waals surface area contributed by atoms with E-state index in [1.165, 1.54) is 127 Å². The summed E-state index contributed by atoms with van der Waals surface area (Å²) in [7, 11) is 2.72. The number of benzene rings is 2. The van der Waals surface area contributed by atoms with Crippen molar-refractivity contribution in [2.75, 3.05) is 40.5 Å². The van der Waals surface area contributed by atoms with Gasteiger partial charge in [0.1, 0.15) is 48.3 Å². The van der Waals surface area contributed by atoms with E-state index in [0.717, 1.165) is 24.2 Å². The molecule has 2 aromatic rings. The van der Waals surface area contributed by atoms with Gasteiger partial charge in [0.2, 0.25) is 35.4 Å². The lowest BCUT2D eigenvalue weighted by molar-refractivity contribution is -0.143. The van der Waals surface area contributed by atoms with Crippen molar-refractivity contribution in [1.29, 1.82) is 0 Å². The molecule has 2 aromatic carbocycles. The van der Waals surface area contributed by atoms with Gasteiger partial charge in [-0.3, -0.25) is 28.8 Å². The number of aliphatic carboxylic acids is 1. The number of aliphatic hydroxyl groups is 2. The first kappa shape index (κ1) is 54.6. The van der Waals surface area contributed by atoms with Gasteiger partial charge < -0.3 is 56.2 Å². The lowest BCUT2D eigenvalue weighted by Crippen LogP contribution is -2.55. The molecular formula is C48H72N6O12. The van der Waals surface area contributed by atoms with Gasteiger partial charge in [-0.25, -0.2) is 4.79 Å². The molecule has 8 N–H and O–H groups in total. The summed E-state index contributed by atoms with van der Waals surface area (Å²) in [5.74, 6) is -5.69. The average molecular weight is 925 g/mol. The number of aliphatic hydroxyl groups excluding tert-OH is 2. The van der Waals surface area contributed by atoms with Crippen molar-refractivity contribution in [2.24, 2.45) is 0 Å². The maximum Gasteiger partial charge on any atom is 0.326 e. The molecule has 5 atom stereocenters. The fraction of sp³-hybridized carbons (Fsp3) is 0.604. The maximum atomic E-state index is 14.0. The van der Waals surface area contributed by atoms with Crippen LogP contribution >= 0.6 is 0 Å². The molecule has 66 heavy (non-hydrogen) atoms. The van der Waals surface area contributed by atoms with Crippen molar-refractivity contribution < 1.29 is 58.7 Å². The third-order valence-corrected chi connectivity index (χ3v) is 11.9. The molecule has 0 unspecified atom stereocenters. The molecule has 1 aliphatic heterocycles. The molecule has 0 radical (unpaired) electrons. The third kappa shape index (κ3) is 16.9. The minimum absolute atomic E-state index is 0.132. The number of amides is 6. The first-order valence-electron chi connectivity index (χ1n) is 23.3. The van der Waals surface area contributed by atoms with E-state index in [9.17, 15) is 54.0 Å². The van der Waals surface area contributed by atoms with Crippen LogP contribution in [0.5, 0.6) is 11.5 Å². The number of likely N-dealkylation sites (N-methyl/N-ethyl adjacent to an activating group) is 2. The van der Waals surface area contributed by atoms with E-state index in [4.69, 9.17) is 4.74 Å². The number of fused-ring (bicyclic) bond motifs is 5. The van der Waals surface area contributed by atoms with Crippen LogP contribution in [-0.2, 0) is 40.0 Å². The lowest BCUT2D eigenvalue weighted by atomic mass is 9.94. The Bertz CT molecular complexity index is 1940. The van der Waals surface area contributed by atoms with Crippen LogP contribution in [-0.4, -0.2) is 136 Å². The van der Waals surface area contributed by atoms with Gasteiger partial charge in [0, 0.05) is 38.1 Å². The normalized spacial score (nSPS) is 17.0. The zero-order valence-electron chi connectivity index (χ0n) is 39.2.